The van der Waals surface area contributed by atoms with E-state index in [9.17, 15) is 4.39 Å². The van der Waals surface area contributed by atoms with E-state index in [2.05, 4.69) is 5.32 Å². The predicted octanol–water partition coefficient (Wildman–Crippen LogP) is 3.04. The second-order valence-electron chi connectivity index (χ2n) is 4.19. The lowest BCUT2D eigenvalue weighted by Crippen LogP contribution is -2.01. The number of hydrogen-bond donors (Lipinski definition) is 2. The van der Waals surface area contributed by atoms with E-state index in [1.54, 1.807) is 18.2 Å². The third kappa shape index (κ3) is 2.82. The van der Waals surface area contributed by atoms with Crippen LogP contribution in [0.25, 0.3) is 0 Å². The molecule has 0 saturated heterocycles. The molecule has 0 heterocycles. The number of hydrogen-bond acceptors (Lipinski definition) is 5. The van der Waals surface area contributed by atoms with Gasteiger partial charge >= 0.3 is 0 Å². The van der Waals surface area contributed by atoms with Gasteiger partial charge in [-0.25, -0.2) is 4.39 Å². The molecule has 5 nitrogen and oxygen atoms in total. The van der Waals surface area contributed by atoms with Gasteiger partial charge in [0.2, 0.25) is 0 Å². The summed E-state index contributed by atoms with van der Waals surface area (Å²) in [6, 6.07) is 9.36. The molecular formula is C15H14FN3O2. The van der Waals surface area contributed by atoms with Gasteiger partial charge in [0.05, 0.1) is 31.3 Å². The fraction of sp³-hybridized carbons (Fsp3) is 0.133. The van der Waals surface area contributed by atoms with Gasteiger partial charge in [0.1, 0.15) is 17.4 Å². The Bertz CT molecular complexity index is 711. The highest BCUT2D eigenvalue weighted by Gasteiger charge is 2.12. The van der Waals surface area contributed by atoms with E-state index in [0.717, 1.165) is 0 Å². The number of methoxy groups -OCH3 is 2. The maximum Gasteiger partial charge on any atom is 0.162 e. The van der Waals surface area contributed by atoms with Crippen molar-refractivity contribution in [2.75, 3.05) is 25.3 Å². The molecule has 0 fully saturated rings. The third-order valence-electron chi connectivity index (χ3n) is 2.95. The number of nitriles is 1. The lowest BCUT2D eigenvalue weighted by atomic mass is 10.1. The van der Waals surface area contributed by atoms with Crippen molar-refractivity contribution in [3.8, 4) is 17.6 Å². The monoisotopic (exact) mass is 287 g/mol. The first-order chi connectivity index (χ1) is 10.1. The van der Waals surface area contributed by atoms with Crippen LogP contribution in [-0.4, -0.2) is 14.2 Å². The van der Waals surface area contributed by atoms with E-state index in [1.165, 1.54) is 26.4 Å². The Morgan fingerprint density at radius 1 is 1.14 bits per heavy atom. The van der Waals surface area contributed by atoms with Crippen LogP contribution in [0.2, 0.25) is 0 Å². The maximum atomic E-state index is 13.6. The predicted molar refractivity (Wildman–Crippen MR) is 78.4 cm³/mol. The Balaban J connectivity index is 2.45. The van der Waals surface area contributed by atoms with Crippen LogP contribution in [0.15, 0.2) is 30.3 Å². The Labute approximate surface area is 121 Å². The van der Waals surface area contributed by atoms with Crippen LogP contribution in [0.1, 0.15) is 5.56 Å². The lowest BCUT2D eigenvalue weighted by molar-refractivity contribution is 0.355. The average Bonchev–Trinajstić information content (AvgIpc) is 2.49. The van der Waals surface area contributed by atoms with E-state index in [-0.39, 0.29) is 5.56 Å². The standard InChI is InChI=1S/C15H14FN3O2/c1-20-14-6-11(18)13(7-15(14)21-2)19-12-5-3-4-10(16)9(12)8-17/h3-7,19H,18H2,1-2H3. The van der Waals surface area contributed by atoms with Crippen molar-refractivity contribution >= 4 is 17.1 Å². The molecular weight excluding hydrogens is 273 g/mol. The van der Waals surface area contributed by atoms with Crippen molar-refractivity contribution in [1.29, 1.82) is 5.26 Å². The minimum absolute atomic E-state index is 0.0771. The molecule has 3 N–H and O–H groups in total. The molecule has 2 rings (SSSR count). The summed E-state index contributed by atoms with van der Waals surface area (Å²) < 4.78 is 23.9. The normalized spacial score (nSPS) is 9.81. The first kappa shape index (κ1) is 14.5. The molecule has 0 unspecified atom stereocenters. The van der Waals surface area contributed by atoms with Crippen molar-refractivity contribution < 1.29 is 13.9 Å². The van der Waals surface area contributed by atoms with Gasteiger partial charge in [-0.15, -0.1) is 0 Å². The summed E-state index contributed by atoms with van der Waals surface area (Å²) in [6.07, 6.45) is 0. The molecule has 108 valence electrons. The maximum absolute atomic E-state index is 13.6. The van der Waals surface area contributed by atoms with E-state index >= 15 is 0 Å². The van der Waals surface area contributed by atoms with Crippen LogP contribution >= 0.6 is 0 Å². The number of benzene rings is 2. The quantitative estimate of drug-likeness (QED) is 0.845. The van der Waals surface area contributed by atoms with Crippen molar-refractivity contribution in [1.82, 2.24) is 0 Å². The molecule has 2 aromatic carbocycles. The highest BCUT2D eigenvalue weighted by atomic mass is 19.1. The van der Waals surface area contributed by atoms with Gasteiger partial charge < -0.3 is 20.5 Å². The summed E-state index contributed by atoms with van der Waals surface area (Å²) in [5, 5.41) is 12.0. The number of nitrogens with zero attached hydrogens (tertiary/aromatic N) is 1. The van der Waals surface area contributed by atoms with Crippen molar-refractivity contribution in [2.24, 2.45) is 0 Å². The van der Waals surface area contributed by atoms with Crippen molar-refractivity contribution in [2.45, 2.75) is 0 Å². The number of rotatable bonds is 4. The van der Waals surface area contributed by atoms with E-state index in [4.69, 9.17) is 20.5 Å². The highest BCUT2D eigenvalue weighted by Crippen LogP contribution is 2.36. The summed E-state index contributed by atoms with van der Waals surface area (Å²) in [6.45, 7) is 0. The highest BCUT2D eigenvalue weighted by molar-refractivity contribution is 5.78. The van der Waals surface area contributed by atoms with Crippen molar-refractivity contribution in [3.63, 3.8) is 0 Å². The number of ether oxygens (including phenoxy) is 2. The molecule has 0 spiro atoms. The Kier molecular flexibility index (Phi) is 4.14. The van der Waals surface area contributed by atoms with Crippen LogP contribution < -0.4 is 20.5 Å². The lowest BCUT2D eigenvalue weighted by Gasteiger charge is -2.15. The molecule has 0 atom stereocenters. The van der Waals surface area contributed by atoms with Gasteiger partial charge in [-0.3, -0.25) is 0 Å². The molecule has 0 bridgehead atoms. The second-order valence-corrected chi connectivity index (χ2v) is 4.19. The van der Waals surface area contributed by atoms with Crippen LogP contribution in [0.3, 0.4) is 0 Å². The van der Waals surface area contributed by atoms with Gasteiger partial charge in [0, 0.05) is 12.1 Å². The van der Waals surface area contributed by atoms with Crippen LogP contribution in [0.5, 0.6) is 11.5 Å². The third-order valence-corrected chi connectivity index (χ3v) is 2.95. The molecule has 0 aliphatic carbocycles. The van der Waals surface area contributed by atoms with Gasteiger partial charge in [0.15, 0.2) is 11.5 Å². The summed E-state index contributed by atoms with van der Waals surface area (Å²) in [7, 11) is 3.01. The zero-order chi connectivity index (χ0) is 15.4. The van der Waals surface area contributed by atoms with Gasteiger partial charge in [0.25, 0.3) is 0 Å². The van der Waals surface area contributed by atoms with E-state index in [0.29, 0.717) is 28.6 Å². The first-order valence-electron chi connectivity index (χ1n) is 6.07. The van der Waals surface area contributed by atoms with Crippen LogP contribution in [0.4, 0.5) is 21.5 Å². The molecule has 0 radical (unpaired) electrons. The topological polar surface area (TPSA) is 80.3 Å². The van der Waals surface area contributed by atoms with Crippen LogP contribution in [-0.2, 0) is 0 Å². The molecule has 0 aromatic heterocycles. The fourth-order valence-electron chi connectivity index (χ4n) is 1.89. The average molecular weight is 287 g/mol. The number of nitrogens with two attached hydrogens (primary N) is 1. The SMILES string of the molecule is COc1cc(N)c(Nc2cccc(F)c2C#N)cc1OC. The molecule has 21 heavy (non-hydrogen) atoms. The minimum atomic E-state index is -0.596. The van der Waals surface area contributed by atoms with Gasteiger partial charge in [-0.2, -0.15) is 5.26 Å². The summed E-state index contributed by atoms with van der Waals surface area (Å²) in [4.78, 5) is 0. The summed E-state index contributed by atoms with van der Waals surface area (Å²) >= 11 is 0. The van der Waals surface area contributed by atoms with E-state index < -0.39 is 5.82 Å². The smallest absolute Gasteiger partial charge is 0.162 e. The number of nitrogen functional groups attached to an aromatic ring is 1. The summed E-state index contributed by atoms with van der Waals surface area (Å²) in [5.41, 5.74) is 7.06. The number of halogens is 1. The fourth-order valence-corrected chi connectivity index (χ4v) is 1.89. The minimum Gasteiger partial charge on any atom is -0.493 e. The number of nitrogens with one attached hydrogen (secondary N) is 1. The second kappa shape index (κ2) is 6.01. The Hall–Kier alpha value is -2.94. The first-order valence-corrected chi connectivity index (χ1v) is 6.07. The molecule has 0 aliphatic heterocycles. The summed E-state index contributed by atoms with van der Waals surface area (Å²) in [5.74, 6) is 0.367. The Morgan fingerprint density at radius 2 is 1.81 bits per heavy atom. The molecule has 6 heteroatoms. The van der Waals surface area contributed by atoms with Crippen molar-refractivity contribution in [3.05, 3.63) is 41.7 Å². The molecule has 0 aliphatic rings. The zero-order valence-electron chi connectivity index (χ0n) is 11.6. The Morgan fingerprint density at radius 3 is 2.43 bits per heavy atom. The van der Waals surface area contributed by atoms with Crippen LogP contribution in [0, 0.1) is 17.1 Å². The molecule has 0 amide bonds. The van der Waals surface area contributed by atoms with Gasteiger partial charge in [-0.1, -0.05) is 6.07 Å². The van der Waals surface area contributed by atoms with E-state index in [1.807, 2.05) is 6.07 Å². The molecule has 0 saturated carbocycles. The largest absolute Gasteiger partial charge is 0.493 e. The zero-order valence-corrected chi connectivity index (χ0v) is 11.6. The number of anilines is 3. The molecule has 2 aromatic rings. The van der Waals surface area contributed by atoms with Gasteiger partial charge in [-0.05, 0) is 12.1 Å².